The average Bonchev–Trinajstić information content (AvgIpc) is 2.56. The van der Waals surface area contributed by atoms with Gasteiger partial charge in [0.05, 0.1) is 17.3 Å². The van der Waals surface area contributed by atoms with Gasteiger partial charge in [0.25, 0.3) is 5.56 Å². The van der Waals surface area contributed by atoms with E-state index in [9.17, 15) is 18.0 Å². The minimum Gasteiger partial charge on any atom is -0.381 e. The molecule has 2 aromatic rings. The lowest BCUT2D eigenvalue weighted by Crippen LogP contribution is -2.30. The van der Waals surface area contributed by atoms with Crippen molar-refractivity contribution in [1.29, 1.82) is 0 Å². The number of benzene rings is 1. The summed E-state index contributed by atoms with van der Waals surface area (Å²) in [6, 6.07) is 9.66. The number of nitrogens with zero attached hydrogens (tertiary/aromatic N) is 1. The van der Waals surface area contributed by atoms with Crippen molar-refractivity contribution in [3.63, 3.8) is 0 Å². The molecule has 0 saturated heterocycles. The predicted octanol–water partition coefficient (Wildman–Crippen LogP) is 1.44. The highest BCUT2D eigenvalue weighted by atomic mass is 32.2. The molecule has 1 aromatic heterocycles. The molecular formula is C18H24N2O5S. The number of sulfone groups is 1. The molecule has 0 unspecified atom stereocenters. The van der Waals surface area contributed by atoms with Crippen LogP contribution in [-0.2, 0) is 21.1 Å². The second-order valence-electron chi connectivity index (χ2n) is 6.95. The van der Waals surface area contributed by atoms with Crippen molar-refractivity contribution in [2.24, 2.45) is 5.41 Å². The fourth-order valence-corrected chi connectivity index (χ4v) is 4.42. The molecule has 0 spiro atoms. The third kappa shape index (κ3) is 5.96. The van der Waals surface area contributed by atoms with Gasteiger partial charge in [0.2, 0.25) is 0 Å². The van der Waals surface area contributed by atoms with Gasteiger partial charge in [0, 0.05) is 30.8 Å². The highest BCUT2D eigenvalue weighted by molar-refractivity contribution is 7.91. The van der Waals surface area contributed by atoms with E-state index in [4.69, 9.17) is 4.74 Å². The number of aryl methyl sites for hydroxylation is 1. The van der Waals surface area contributed by atoms with Crippen LogP contribution in [0.2, 0.25) is 0 Å². The summed E-state index contributed by atoms with van der Waals surface area (Å²) in [6.45, 7) is 4.79. The summed E-state index contributed by atoms with van der Waals surface area (Å²) in [5.74, 6) is -0.0105. The summed E-state index contributed by atoms with van der Waals surface area (Å²) in [5, 5.41) is 0. The van der Waals surface area contributed by atoms with Gasteiger partial charge in [-0.25, -0.2) is 13.2 Å². The lowest BCUT2D eigenvalue weighted by molar-refractivity contribution is 0.0690. The van der Waals surface area contributed by atoms with Gasteiger partial charge in [-0.2, -0.15) is 0 Å². The maximum atomic E-state index is 12.5. The summed E-state index contributed by atoms with van der Waals surface area (Å²) in [4.78, 5) is 25.1. The molecule has 0 aliphatic heterocycles. The zero-order valence-electron chi connectivity index (χ0n) is 15.0. The monoisotopic (exact) mass is 380 g/mol. The first-order valence-corrected chi connectivity index (χ1v) is 10.0. The van der Waals surface area contributed by atoms with Crippen LogP contribution in [0.25, 0.3) is 0 Å². The van der Waals surface area contributed by atoms with Crippen LogP contribution >= 0.6 is 0 Å². The van der Waals surface area contributed by atoms with Gasteiger partial charge in [-0.05, 0) is 18.6 Å². The molecule has 0 amide bonds. The first kappa shape index (κ1) is 20.1. The zero-order chi connectivity index (χ0) is 19.2. The lowest BCUT2D eigenvalue weighted by atomic mass is 9.98. The third-order valence-corrected chi connectivity index (χ3v) is 5.91. The van der Waals surface area contributed by atoms with E-state index < -0.39 is 26.5 Å². The molecule has 0 bridgehead atoms. The second-order valence-corrected chi connectivity index (χ2v) is 8.94. The Labute approximate surface area is 152 Å². The Kier molecular flexibility index (Phi) is 6.55. The smallest absolute Gasteiger partial charge is 0.328 e. The number of ether oxygens (including phenoxy) is 1. The van der Waals surface area contributed by atoms with E-state index in [2.05, 4.69) is 4.98 Å². The molecule has 0 radical (unpaired) electrons. The largest absolute Gasteiger partial charge is 0.381 e. The number of nitrogens with one attached hydrogen (secondary N) is 1. The van der Waals surface area contributed by atoms with Gasteiger partial charge in [0.1, 0.15) is 0 Å². The first-order chi connectivity index (χ1) is 12.2. The normalized spacial score (nSPS) is 12.2. The molecule has 0 aliphatic rings. The van der Waals surface area contributed by atoms with Crippen molar-refractivity contribution < 1.29 is 13.2 Å². The van der Waals surface area contributed by atoms with Crippen LogP contribution in [0.5, 0.6) is 0 Å². The third-order valence-electron chi connectivity index (χ3n) is 3.76. The Morgan fingerprint density at radius 2 is 1.81 bits per heavy atom. The molecule has 0 saturated carbocycles. The van der Waals surface area contributed by atoms with E-state index in [1.54, 1.807) is 30.3 Å². The van der Waals surface area contributed by atoms with Crippen molar-refractivity contribution in [3.8, 4) is 0 Å². The number of hydrogen-bond acceptors (Lipinski definition) is 5. The number of aromatic amines is 1. The minimum absolute atomic E-state index is 0.0105. The van der Waals surface area contributed by atoms with E-state index in [0.717, 1.165) is 0 Å². The standard InChI is InChI=1S/C18H24N2O5S/c1-18(2,14-26(23,24)15-7-4-3-5-8-15)13-25-12-6-10-20-11-9-16(21)19-17(20)22/h3-5,7-9,11H,6,10,12-14H2,1-2H3,(H,19,21,22). The van der Waals surface area contributed by atoms with Gasteiger partial charge >= 0.3 is 5.69 Å². The van der Waals surface area contributed by atoms with Crippen LogP contribution < -0.4 is 11.2 Å². The lowest BCUT2D eigenvalue weighted by Gasteiger charge is -2.24. The van der Waals surface area contributed by atoms with Gasteiger partial charge in [-0.15, -0.1) is 0 Å². The molecule has 1 N–H and O–H groups in total. The Hall–Kier alpha value is -2.19. The maximum absolute atomic E-state index is 12.5. The van der Waals surface area contributed by atoms with Gasteiger partial charge < -0.3 is 9.30 Å². The van der Waals surface area contributed by atoms with Crippen LogP contribution in [0, 0.1) is 5.41 Å². The molecule has 0 fully saturated rings. The van der Waals surface area contributed by atoms with E-state index in [-0.39, 0.29) is 5.75 Å². The summed E-state index contributed by atoms with van der Waals surface area (Å²) in [7, 11) is -3.37. The zero-order valence-corrected chi connectivity index (χ0v) is 15.8. The molecule has 142 valence electrons. The predicted molar refractivity (Wildman–Crippen MR) is 99.0 cm³/mol. The van der Waals surface area contributed by atoms with Crippen LogP contribution in [0.4, 0.5) is 0 Å². The van der Waals surface area contributed by atoms with Gasteiger partial charge in [0.15, 0.2) is 9.84 Å². The fraction of sp³-hybridized carbons (Fsp3) is 0.444. The van der Waals surface area contributed by atoms with Crippen LogP contribution in [0.1, 0.15) is 20.3 Å². The molecule has 1 aromatic carbocycles. The van der Waals surface area contributed by atoms with Crippen molar-refractivity contribution >= 4 is 9.84 Å². The van der Waals surface area contributed by atoms with Gasteiger partial charge in [-0.3, -0.25) is 9.78 Å². The van der Waals surface area contributed by atoms with E-state index >= 15 is 0 Å². The summed E-state index contributed by atoms with van der Waals surface area (Å²) in [5.41, 5.74) is -1.42. The second kappa shape index (κ2) is 8.46. The Morgan fingerprint density at radius 1 is 1.12 bits per heavy atom. The van der Waals surface area contributed by atoms with Crippen molar-refractivity contribution in [2.75, 3.05) is 19.0 Å². The minimum atomic E-state index is -3.37. The molecule has 26 heavy (non-hydrogen) atoms. The number of rotatable bonds is 9. The summed E-state index contributed by atoms with van der Waals surface area (Å²) in [6.07, 6.45) is 2.02. The average molecular weight is 380 g/mol. The highest BCUT2D eigenvalue weighted by Gasteiger charge is 2.27. The van der Waals surface area contributed by atoms with Crippen molar-refractivity contribution in [1.82, 2.24) is 9.55 Å². The van der Waals surface area contributed by atoms with Gasteiger partial charge in [-0.1, -0.05) is 32.0 Å². The summed E-state index contributed by atoms with van der Waals surface area (Å²) >= 11 is 0. The number of hydrogen-bond donors (Lipinski definition) is 1. The van der Waals surface area contributed by atoms with Crippen molar-refractivity contribution in [3.05, 3.63) is 63.4 Å². The molecule has 0 atom stereocenters. The maximum Gasteiger partial charge on any atom is 0.328 e. The molecular weight excluding hydrogens is 356 g/mol. The van der Waals surface area contributed by atoms with Crippen LogP contribution in [0.3, 0.4) is 0 Å². The topological polar surface area (TPSA) is 98.2 Å². The molecule has 7 nitrogen and oxygen atoms in total. The van der Waals surface area contributed by atoms with E-state index in [1.165, 1.54) is 16.8 Å². The Balaban J connectivity index is 1.81. The number of aromatic nitrogens is 2. The Morgan fingerprint density at radius 3 is 2.46 bits per heavy atom. The van der Waals surface area contributed by atoms with Crippen LogP contribution in [-0.4, -0.2) is 36.9 Å². The molecule has 0 aliphatic carbocycles. The Bertz CT molecular complexity index is 930. The van der Waals surface area contributed by atoms with E-state index in [1.807, 2.05) is 13.8 Å². The molecule has 1 heterocycles. The van der Waals surface area contributed by atoms with Crippen LogP contribution in [0.15, 0.2) is 57.1 Å². The summed E-state index contributed by atoms with van der Waals surface area (Å²) < 4.78 is 31.9. The number of H-pyrrole nitrogens is 1. The van der Waals surface area contributed by atoms with E-state index in [0.29, 0.717) is 31.1 Å². The fourth-order valence-electron chi connectivity index (χ4n) is 2.57. The SMILES string of the molecule is CC(C)(COCCCn1ccc(=O)[nH]c1=O)CS(=O)(=O)c1ccccc1. The highest BCUT2D eigenvalue weighted by Crippen LogP contribution is 2.23. The quantitative estimate of drug-likeness (QED) is 0.664. The molecule has 8 heteroatoms. The molecule has 2 rings (SSSR count). The van der Waals surface area contributed by atoms with Crippen molar-refractivity contribution in [2.45, 2.75) is 31.7 Å². The first-order valence-electron chi connectivity index (χ1n) is 8.35.